The highest BCUT2D eigenvalue weighted by atomic mass is 35.5. The standard InChI is InChI=1S/C19H22F2N2O.ClH/c20-17-6-3-5-15(12-17)19(23-8-10-24-11-9-23)14-22-13-16-4-1-2-7-18(16)21;/h1-7,12,19,22H,8-11,13-14H2;1H. The lowest BCUT2D eigenvalue weighted by atomic mass is 10.0. The van der Waals surface area contributed by atoms with Gasteiger partial charge in [-0.2, -0.15) is 0 Å². The Kier molecular flexibility index (Phi) is 7.78. The van der Waals surface area contributed by atoms with Crippen molar-refractivity contribution in [1.82, 2.24) is 10.2 Å². The Bertz CT molecular complexity index is 665. The number of halogens is 3. The molecule has 0 bridgehead atoms. The van der Waals surface area contributed by atoms with Crippen molar-refractivity contribution in [1.29, 1.82) is 0 Å². The fraction of sp³-hybridized carbons (Fsp3) is 0.368. The SMILES string of the molecule is Cl.Fc1cccc(C(CNCc2ccccc2F)N2CCOCC2)c1. The lowest BCUT2D eigenvalue weighted by molar-refractivity contribution is 0.0160. The molecule has 1 aliphatic heterocycles. The molecule has 6 heteroatoms. The van der Waals surface area contributed by atoms with Gasteiger partial charge < -0.3 is 10.1 Å². The lowest BCUT2D eigenvalue weighted by Gasteiger charge is -2.35. The summed E-state index contributed by atoms with van der Waals surface area (Å²) < 4.78 is 32.8. The van der Waals surface area contributed by atoms with E-state index in [2.05, 4.69) is 10.2 Å². The van der Waals surface area contributed by atoms with Crippen LogP contribution in [0.3, 0.4) is 0 Å². The number of ether oxygens (including phenoxy) is 1. The van der Waals surface area contributed by atoms with Crippen LogP contribution in [0.25, 0.3) is 0 Å². The summed E-state index contributed by atoms with van der Waals surface area (Å²) in [7, 11) is 0. The van der Waals surface area contributed by atoms with Gasteiger partial charge in [0.2, 0.25) is 0 Å². The first-order valence-electron chi connectivity index (χ1n) is 8.25. The number of hydrogen-bond acceptors (Lipinski definition) is 3. The van der Waals surface area contributed by atoms with Crippen LogP contribution in [-0.4, -0.2) is 37.7 Å². The molecule has 3 rings (SSSR count). The van der Waals surface area contributed by atoms with Gasteiger partial charge in [-0.3, -0.25) is 4.90 Å². The Morgan fingerprint density at radius 3 is 2.52 bits per heavy atom. The third-order valence-corrected chi connectivity index (χ3v) is 4.33. The number of morpholine rings is 1. The molecule has 1 saturated heterocycles. The van der Waals surface area contributed by atoms with Gasteiger partial charge in [0.1, 0.15) is 11.6 Å². The second kappa shape index (κ2) is 9.82. The van der Waals surface area contributed by atoms with Crippen molar-refractivity contribution in [3.63, 3.8) is 0 Å². The quantitative estimate of drug-likeness (QED) is 0.844. The summed E-state index contributed by atoms with van der Waals surface area (Å²) >= 11 is 0. The van der Waals surface area contributed by atoms with Gasteiger partial charge in [-0.15, -0.1) is 12.4 Å². The molecule has 1 aliphatic rings. The highest BCUT2D eigenvalue weighted by Gasteiger charge is 2.22. The van der Waals surface area contributed by atoms with Crippen molar-refractivity contribution in [2.45, 2.75) is 12.6 Å². The molecule has 2 aromatic rings. The predicted octanol–water partition coefficient (Wildman–Crippen LogP) is 3.55. The van der Waals surface area contributed by atoms with Gasteiger partial charge in [0.25, 0.3) is 0 Å². The second-order valence-electron chi connectivity index (χ2n) is 5.94. The molecular formula is C19H23ClF2N2O. The fourth-order valence-electron chi connectivity index (χ4n) is 3.05. The first-order chi connectivity index (χ1) is 11.7. The zero-order valence-corrected chi connectivity index (χ0v) is 14.8. The molecule has 0 amide bonds. The first kappa shape index (κ1) is 19.8. The van der Waals surface area contributed by atoms with E-state index in [1.165, 1.54) is 12.1 Å². The lowest BCUT2D eigenvalue weighted by Crippen LogP contribution is -2.42. The topological polar surface area (TPSA) is 24.5 Å². The van der Waals surface area contributed by atoms with Crippen molar-refractivity contribution >= 4 is 12.4 Å². The largest absolute Gasteiger partial charge is 0.379 e. The minimum atomic E-state index is -0.236. The van der Waals surface area contributed by atoms with Crippen LogP contribution in [-0.2, 0) is 11.3 Å². The molecule has 2 aromatic carbocycles. The van der Waals surface area contributed by atoms with Gasteiger partial charge in [0, 0.05) is 37.8 Å². The fourth-order valence-corrected chi connectivity index (χ4v) is 3.05. The summed E-state index contributed by atoms with van der Waals surface area (Å²) in [6.45, 7) is 4.05. The molecule has 0 spiro atoms. The summed E-state index contributed by atoms with van der Waals surface area (Å²) in [5.74, 6) is -0.446. The molecule has 1 unspecified atom stereocenters. The van der Waals surface area contributed by atoms with Gasteiger partial charge >= 0.3 is 0 Å². The monoisotopic (exact) mass is 368 g/mol. The van der Waals surface area contributed by atoms with Crippen molar-refractivity contribution in [3.8, 4) is 0 Å². The summed E-state index contributed by atoms with van der Waals surface area (Å²) in [5.41, 5.74) is 1.57. The molecule has 1 heterocycles. The maximum absolute atomic E-state index is 13.7. The van der Waals surface area contributed by atoms with Gasteiger partial charge in [-0.05, 0) is 23.8 Å². The molecule has 136 valence electrons. The average molecular weight is 369 g/mol. The van der Waals surface area contributed by atoms with Crippen LogP contribution in [0.15, 0.2) is 48.5 Å². The van der Waals surface area contributed by atoms with Gasteiger partial charge in [-0.25, -0.2) is 8.78 Å². The first-order valence-corrected chi connectivity index (χ1v) is 8.25. The van der Waals surface area contributed by atoms with Crippen LogP contribution in [0, 0.1) is 11.6 Å². The Morgan fingerprint density at radius 1 is 1.04 bits per heavy atom. The third-order valence-electron chi connectivity index (χ3n) is 4.33. The average Bonchev–Trinajstić information content (AvgIpc) is 2.61. The van der Waals surface area contributed by atoms with Crippen molar-refractivity contribution in [3.05, 3.63) is 71.3 Å². The van der Waals surface area contributed by atoms with Crippen LogP contribution in [0.2, 0.25) is 0 Å². The number of nitrogens with zero attached hydrogens (tertiary/aromatic N) is 1. The Hall–Kier alpha value is -1.53. The summed E-state index contributed by atoms with van der Waals surface area (Å²) in [4.78, 5) is 2.28. The highest BCUT2D eigenvalue weighted by molar-refractivity contribution is 5.85. The van der Waals surface area contributed by atoms with Crippen molar-refractivity contribution < 1.29 is 13.5 Å². The van der Waals surface area contributed by atoms with E-state index >= 15 is 0 Å². The van der Waals surface area contributed by atoms with Crippen LogP contribution in [0.5, 0.6) is 0 Å². The minimum Gasteiger partial charge on any atom is -0.379 e. The molecular weight excluding hydrogens is 346 g/mol. The van der Waals surface area contributed by atoms with Crippen LogP contribution < -0.4 is 5.32 Å². The molecule has 0 radical (unpaired) electrons. The van der Waals surface area contributed by atoms with E-state index in [4.69, 9.17) is 4.74 Å². The van der Waals surface area contributed by atoms with E-state index in [1.54, 1.807) is 24.3 Å². The molecule has 25 heavy (non-hydrogen) atoms. The van der Waals surface area contributed by atoms with E-state index in [-0.39, 0.29) is 30.1 Å². The second-order valence-corrected chi connectivity index (χ2v) is 5.94. The van der Waals surface area contributed by atoms with Crippen molar-refractivity contribution in [2.75, 3.05) is 32.8 Å². The Morgan fingerprint density at radius 2 is 1.80 bits per heavy atom. The molecule has 1 atom stereocenters. The Balaban J connectivity index is 0.00000225. The van der Waals surface area contributed by atoms with Crippen LogP contribution >= 0.6 is 12.4 Å². The van der Waals surface area contributed by atoms with E-state index < -0.39 is 0 Å². The maximum atomic E-state index is 13.7. The van der Waals surface area contributed by atoms with Crippen LogP contribution in [0.1, 0.15) is 17.2 Å². The number of benzene rings is 2. The van der Waals surface area contributed by atoms with E-state index in [0.717, 1.165) is 18.7 Å². The third kappa shape index (κ3) is 5.47. The predicted molar refractivity (Wildman–Crippen MR) is 96.9 cm³/mol. The van der Waals surface area contributed by atoms with Crippen molar-refractivity contribution in [2.24, 2.45) is 0 Å². The van der Waals surface area contributed by atoms with E-state index in [9.17, 15) is 8.78 Å². The van der Waals surface area contributed by atoms with Gasteiger partial charge in [0.05, 0.1) is 13.2 Å². The number of nitrogens with one attached hydrogen (secondary N) is 1. The molecule has 1 fully saturated rings. The molecule has 3 nitrogen and oxygen atoms in total. The van der Waals surface area contributed by atoms with E-state index in [1.807, 2.05) is 12.1 Å². The van der Waals surface area contributed by atoms with Gasteiger partial charge in [-0.1, -0.05) is 30.3 Å². The molecule has 1 N–H and O–H groups in total. The van der Waals surface area contributed by atoms with Crippen LogP contribution in [0.4, 0.5) is 8.78 Å². The molecule has 0 saturated carbocycles. The normalized spacial score (nSPS) is 16.2. The molecule has 0 aliphatic carbocycles. The minimum absolute atomic E-state index is 0. The smallest absolute Gasteiger partial charge is 0.127 e. The highest BCUT2D eigenvalue weighted by Crippen LogP contribution is 2.22. The van der Waals surface area contributed by atoms with E-state index in [0.29, 0.717) is 31.9 Å². The Labute approximate surface area is 153 Å². The van der Waals surface area contributed by atoms with Gasteiger partial charge in [0.15, 0.2) is 0 Å². The molecule has 0 aromatic heterocycles. The maximum Gasteiger partial charge on any atom is 0.127 e. The zero-order chi connectivity index (χ0) is 16.8. The number of hydrogen-bond donors (Lipinski definition) is 1. The summed E-state index contributed by atoms with van der Waals surface area (Å²) in [5, 5.41) is 3.31. The summed E-state index contributed by atoms with van der Waals surface area (Å²) in [6, 6.07) is 13.5. The number of rotatable bonds is 6. The summed E-state index contributed by atoms with van der Waals surface area (Å²) in [6.07, 6.45) is 0. The zero-order valence-electron chi connectivity index (χ0n) is 14.0.